The predicted octanol–water partition coefficient (Wildman–Crippen LogP) is 3.31. The summed E-state index contributed by atoms with van der Waals surface area (Å²) in [6.07, 6.45) is 0.418. The van der Waals surface area contributed by atoms with Gasteiger partial charge in [0.2, 0.25) is 5.91 Å². The van der Waals surface area contributed by atoms with E-state index in [9.17, 15) is 9.59 Å². The molecule has 28 heavy (non-hydrogen) atoms. The van der Waals surface area contributed by atoms with Crippen LogP contribution in [-0.2, 0) is 11.2 Å². The van der Waals surface area contributed by atoms with Crippen molar-refractivity contribution in [3.05, 3.63) is 70.9 Å². The number of carbonyl (C=O) groups is 2. The molecule has 2 aromatic carbocycles. The summed E-state index contributed by atoms with van der Waals surface area (Å²) in [5.41, 5.74) is 4.83. The van der Waals surface area contributed by atoms with Crippen LogP contribution in [0.2, 0.25) is 0 Å². The van der Waals surface area contributed by atoms with Crippen LogP contribution in [0.1, 0.15) is 27.2 Å². The number of fused-ring (bicyclic) bond motifs is 1. The van der Waals surface area contributed by atoms with Crippen molar-refractivity contribution in [2.75, 3.05) is 26.2 Å². The predicted molar refractivity (Wildman–Crippen MR) is 110 cm³/mol. The standard InChI is InChI=1S/C23H25N3O2/c1-16-7-3-4-8-18(16)15-21(27)25-11-13-26(14-12-25)23(28)22-17(2)19-9-5-6-10-20(19)24-22/h3-10,24H,11-15H2,1-2H3. The highest BCUT2D eigenvalue weighted by atomic mass is 16.2. The Balaban J connectivity index is 1.41. The van der Waals surface area contributed by atoms with Gasteiger partial charge in [-0.15, -0.1) is 0 Å². The number of benzene rings is 2. The minimum atomic E-state index is 0.0136. The van der Waals surface area contributed by atoms with Crippen molar-refractivity contribution in [1.82, 2.24) is 14.8 Å². The molecule has 0 radical (unpaired) electrons. The average Bonchev–Trinajstić information content (AvgIpc) is 3.06. The second-order valence-corrected chi connectivity index (χ2v) is 7.45. The highest BCUT2D eigenvalue weighted by Crippen LogP contribution is 2.23. The molecular formula is C23H25N3O2. The van der Waals surface area contributed by atoms with Gasteiger partial charge in [0.05, 0.1) is 6.42 Å². The molecule has 0 bridgehead atoms. The normalized spacial score (nSPS) is 14.5. The van der Waals surface area contributed by atoms with E-state index < -0.39 is 0 Å². The molecule has 5 nitrogen and oxygen atoms in total. The molecule has 0 unspecified atom stereocenters. The van der Waals surface area contributed by atoms with E-state index >= 15 is 0 Å². The molecule has 5 heteroatoms. The Morgan fingerprint density at radius 2 is 1.54 bits per heavy atom. The summed E-state index contributed by atoms with van der Waals surface area (Å²) in [4.78, 5) is 32.6. The van der Waals surface area contributed by atoms with Crippen LogP contribution >= 0.6 is 0 Å². The van der Waals surface area contributed by atoms with Crippen LogP contribution in [0, 0.1) is 13.8 Å². The van der Waals surface area contributed by atoms with Gasteiger partial charge in [-0.2, -0.15) is 0 Å². The highest BCUT2D eigenvalue weighted by molar-refractivity contribution is 6.01. The van der Waals surface area contributed by atoms with Crippen molar-refractivity contribution in [2.45, 2.75) is 20.3 Å². The topological polar surface area (TPSA) is 56.4 Å². The maximum atomic E-state index is 13.0. The SMILES string of the molecule is Cc1ccccc1CC(=O)N1CCN(C(=O)c2[nH]c3ccccc3c2C)CC1. The number of aromatic nitrogens is 1. The molecule has 1 saturated heterocycles. The number of hydrogen-bond acceptors (Lipinski definition) is 2. The fraction of sp³-hybridized carbons (Fsp3) is 0.304. The number of nitrogens with zero attached hydrogens (tertiary/aromatic N) is 2. The third kappa shape index (κ3) is 3.40. The minimum absolute atomic E-state index is 0.0136. The molecule has 1 aliphatic rings. The highest BCUT2D eigenvalue weighted by Gasteiger charge is 2.27. The Hall–Kier alpha value is -3.08. The summed E-state index contributed by atoms with van der Waals surface area (Å²) in [5, 5.41) is 1.08. The van der Waals surface area contributed by atoms with Gasteiger partial charge in [-0.25, -0.2) is 0 Å². The molecule has 1 fully saturated rings. The van der Waals surface area contributed by atoms with Crippen LogP contribution in [0.3, 0.4) is 0 Å². The molecule has 2 amide bonds. The molecular weight excluding hydrogens is 350 g/mol. The third-order valence-electron chi connectivity index (χ3n) is 5.70. The largest absolute Gasteiger partial charge is 0.350 e. The van der Waals surface area contributed by atoms with E-state index in [1.165, 1.54) is 0 Å². The Kier molecular flexibility index (Phi) is 4.90. The van der Waals surface area contributed by atoms with Crippen molar-refractivity contribution in [2.24, 2.45) is 0 Å². The fourth-order valence-corrected chi connectivity index (χ4v) is 3.90. The zero-order valence-electron chi connectivity index (χ0n) is 16.4. The first-order valence-corrected chi connectivity index (χ1v) is 9.73. The van der Waals surface area contributed by atoms with Crippen LogP contribution in [0.4, 0.5) is 0 Å². The Bertz CT molecular complexity index is 1030. The molecule has 4 rings (SSSR count). The maximum Gasteiger partial charge on any atom is 0.270 e. The van der Waals surface area contributed by atoms with Gasteiger partial charge >= 0.3 is 0 Å². The third-order valence-corrected chi connectivity index (χ3v) is 5.70. The minimum Gasteiger partial charge on any atom is -0.350 e. The quantitative estimate of drug-likeness (QED) is 0.764. The Labute approximate surface area is 165 Å². The molecule has 3 aromatic rings. The number of piperazine rings is 1. The van der Waals surface area contributed by atoms with Crippen LogP contribution in [0.5, 0.6) is 0 Å². The van der Waals surface area contributed by atoms with Crippen LogP contribution < -0.4 is 0 Å². The van der Waals surface area contributed by atoms with Gasteiger partial charge in [0, 0.05) is 37.1 Å². The Morgan fingerprint density at radius 1 is 0.893 bits per heavy atom. The summed E-state index contributed by atoms with van der Waals surface area (Å²) >= 11 is 0. The fourth-order valence-electron chi connectivity index (χ4n) is 3.90. The average molecular weight is 375 g/mol. The molecule has 1 N–H and O–H groups in total. The van der Waals surface area contributed by atoms with Gasteiger partial charge < -0.3 is 14.8 Å². The molecule has 1 aliphatic heterocycles. The van der Waals surface area contributed by atoms with E-state index in [1.807, 2.05) is 72.2 Å². The first-order valence-electron chi connectivity index (χ1n) is 9.73. The van der Waals surface area contributed by atoms with Gasteiger partial charge in [0.1, 0.15) is 5.69 Å². The van der Waals surface area contributed by atoms with Gasteiger partial charge in [0.15, 0.2) is 0 Å². The van der Waals surface area contributed by atoms with E-state index in [1.54, 1.807) is 0 Å². The summed E-state index contributed by atoms with van der Waals surface area (Å²) in [5.74, 6) is 0.142. The summed E-state index contributed by atoms with van der Waals surface area (Å²) in [6.45, 7) is 6.29. The van der Waals surface area contributed by atoms with Crippen molar-refractivity contribution in [1.29, 1.82) is 0 Å². The van der Waals surface area contributed by atoms with Crippen LogP contribution in [0.25, 0.3) is 10.9 Å². The molecule has 2 heterocycles. The van der Waals surface area contributed by atoms with Gasteiger partial charge in [-0.1, -0.05) is 42.5 Å². The van der Waals surface area contributed by atoms with Crippen LogP contribution in [0.15, 0.2) is 48.5 Å². The lowest BCUT2D eigenvalue weighted by Crippen LogP contribution is -2.51. The monoisotopic (exact) mass is 375 g/mol. The second kappa shape index (κ2) is 7.50. The van der Waals surface area contributed by atoms with Gasteiger partial charge in [-0.3, -0.25) is 9.59 Å². The first-order chi connectivity index (χ1) is 13.5. The number of aromatic amines is 1. The van der Waals surface area contributed by atoms with E-state index in [2.05, 4.69) is 4.98 Å². The van der Waals surface area contributed by atoms with Crippen LogP contribution in [-0.4, -0.2) is 52.8 Å². The number of aryl methyl sites for hydroxylation is 2. The zero-order chi connectivity index (χ0) is 19.7. The van der Waals surface area contributed by atoms with Crippen molar-refractivity contribution >= 4 is 22.7 Å². The van der Waals surface area contributed by atoms with Gasteiger partial charge in [0.25, 0.3) is 5.91 Å². The maximum absolute atomic E-state index is 13.0. The Morgan fingerprint density at radius 3 is 2.25 bits per heavy atom. The van der Waals surface area contributed by atoms with E-state index in [4.69, 9.17) is 0 Å². The smallest absolute Gasteiger partial charge is 0.270 e. The number of rotatable bonds is 3. The molecule has 1 aromatic heterocycles. The summed E-state index contributed by atoms with van der Waals surface area (Å²) in [7, 11) is 0. The number of amides is 2. The number of para-hydroxylation sites is 1. The second-order valence-electron chi connectivity index (χ2n) is 7.45. The number of hydrogen-bond donors (Lipinski definition) is 1. The zero-order valence-corrected chi connectivity index (χ0v) is 16.4. The molecule has 0 saturated carbocycles. The van der Waals surface area contributed by atoms with Crippen molar-refractivity contribution in [3.8, 4) is 0 Å². The lowest BCUT2D eigenvalue weighted by Gasteiger charge is -2.35. The number of nitrogens with one attached hydrogen (secondary N) is 1. The number of carbonyl (C=O) groups excluding carboxylic acids is 2. The van der Waals surface area contributed by atoms with E-state index in [0.717, 1.165) is 27.6 Å². The molecule has 0 spiro atoms. The molecule has 0 atom stereocenters. The summed E-state index contributed by atoms with van der Waals surface area (Å²) in [6, 6.07) is 15.9. The van der Waals surface area contributed by atoms with Crippen molar-refractivity contribution < 1.29 is 9.59 Å². The summed E-state index contributed by atoms with van der Waals surface area (Å²) < 4.78 is 0. The lowest BCUT2D eigenvalue weighted by atomic mass is 10.1. The van der Waals surface area contributed by atoms with E-state index in [0.29, 0.717) is 38.3 Å². The van der Waals surface area contributed by atoms with E-state index in [-0.39, 0.29) is 11.8 Å². The van der Waals surface area contributed by atoms with Crippen molar-refractivity contribution in [3.63, 3.8) is 0 Å². The molecule has 0 aliphatic carbocycles. The first kappa shape index (κ1) is 18.3. The lowest BCUT2D eigenvalue weighted by molar-refractivity contribution is -0.131. The molecule has 144 valence electrons. The number of H-pyrrole nitrogens is 1. The van der Waals surface area contributed by atoms with Gasteiger partial charge in [-0.05, 0) is 36.6 Å².